The summed E-state index contributed by atoms with van der Waals surface area (Å²) in [6.45, 7) is 0. The van der Waals surface area contributed by atoms with Crippen molar-refractivity contribution in [1.82, 2.24) is 0 Å². The Balaban J connectivity index is 2.01. The Morgan fingerprint density at radius 3 is 2.33 bits per heavy atom. The van der Waals surface area contributed by atoms with E-state index in [2.05, 4.69) is 0 Å². The van der Waals surface area contributed by atoms with Gasteiger partial charge in [0.15, 0.2) is 23.0 Å². The van der Waals surface area contributed by atoms with Crippen LogP contribution in [0.4, 0.5) is 0 Å². The largest absolute Gasteiger partial charge is 0.504 e. The molecule has 0 saturated heterocycles. The summed E-state index contributed by atoms with van der Waals surface area (Å²) in [6, 6.07) is 6.97. The highest BCUT2D eigenvalue weighted by Crippen LogP contribution is 2.48. The van der Waals surface area contributed by atoms with Crippen LogP contribution in [0.2, 0.25) is 0 Å². The van der Waals surface area contributed by atoms with Crippen LogP contribution in [0.5, 0.6) is 28.7 Å². The van der Waals surface area contributed by atoms with E-state index in [9.17, 15) is 25.5 Å². The van der Waals surface area contributed by atoms with Gasteiger partial charge in [0, 0.05) is 12.0 Å². The Bertz CT molecular complexity index is 697. The number of hydrogen-bond donors (Lipinski definition) is 5. The van der Waals surface area contributed by atoms with E-state index in [0.29, 0.717) is 11.1 Å². The molecule has 0 saturated carbocycles. The molecule has 0 aliphatic carbocycles. The van der Waals surface area contributed by atoms with Crippen molar-refractivity contribution in [2.24, 2.45) is 0 Å². The van der Waals surface area contributed by atoms with Crippen molar-refractivity contribution in [2.75, 3.05) is 0 Å². The second kappa shape index (κ2) is 4.75. The van der Waals surface area contributed by atoms with Crippen molar-refractivity contribution in [1.29, 1.82) is 0 Å². The van der Waals surface area contributed by atoms with E-state index in [1.54, 1.807) is 6.07 Å². The van der Waals surface area contributed by atoms with Gasteiger partial charge in [0.1, 0.15) is 6.10 Å². The van der Waals surface area contributed by atoms with E-state index < -0.39 is 18.0 Å². The van der Waals surface area contributed by atoms with Crippen LogP contribution in [-0.2, 0) is 0 Å². The number of hydrogen-bond acceptors (Lipinski definition) is 6. The van der Waals surface area contributed by atoms with Gasteiger partial charge in [-0.1, -0.05) is 6.07 Å². The van der Waals surface area contributed by atoms with E-state index in [1.165, 1.54) is 24.3 Å². The summed E-state index contributed by atoms with van der Waals surface area (Å²) in [5, 5.41) is 48.4. The van der Waals surface area contributed by atoms with E-state index >= 15 is 0 Å². The lowest BCUT2D eigenvalue weighted by atomic mass is 9.94. The Kier molecular flexibility index (Phi) is 3.03. The molecule has 0 fully saturated rings. The molecule has 1 aliphatic heterocycles. The number of aliphatic hydroxyl groups is 1. The van der Waals surface area contributed by atoms with Crippen molar-refractivity contribution in [3.05, 3.63) is 41.5 Å². The molecule has 6 heteroatoms. The minimum Gasteiger partial charge on any atom is -0.504 e. The maximum Gasteiger partial charge on any atom is 0.200 e. The molecule has 3 rings (SSSR count). The molecule has 0 bridgehead atoms. The van der Waals surface area contributed by atoms with Gasteiger partial charge in [-0.15, -0.1) is 0 Å². The normalized spacial score (nSPS) is 20.6. The van der Waals surface area contributed by atoms with E-state index in [-0.39, 0.29) is 29.4 Å². The second-order valence-corrected chi connectivity index (χ2v) is 4.96. The smallest absolute Gasteiger partial charge is 0.200 e. The molecule has 2 aromatic rings. The van der Waals surface area contributed by atoms with Crippen molar-refractivity contribution in [3.63, 3.8) is 0 Å². The first-order valence-electron chi connectivity index (χ1n) is 6.39. The average molecular weight is 290 g/mol. The quantitative estimate of drug-likeness (QED) is 0.514. The molecule has 0 radical (unpaired) electrons. The number of benzene rings is 2. The fourth-order valence-corrected chi connectivity index (χ4v) is 2.43. The zero-order chi connectivity index (χ0) is 15.1. The molecule has 21 heavy (non-hydrogen) atoms. The molecule has 2 atom stereocenters. The minimum absolute atomic E-state index is 0.0197. The first kappa shape index (κ1) is 13.4. The highest BCUT2D eigenvalue weighted by Gasteiger charge is 2.31. The predicted octanol–water partition coefficient (Wildman–Crippen LogP) is 2.07. The summed E-state index contributed by atoms with van der Waals surface area (Å²) in [4.78, 5) is 0. The molecule has 6 nitrogen and oxygen atoms in total. The lowest BCUT2D eigenvalue weighted by Gasteiger charge is -2.30. The lowest BCUT2D eigenvalue weighted by molar-refractivity contribution is 0.0625. The van der Waals surface area contributed by atoms with Crippen LogP contribution >= 0.6 is 0 Å². The van der Waals surface area contributed by atoms with Gasteiger partial charge < -0.3 is 30.3 Å². The molecule has 0 spiro atoms. The number of fused-ring (bicyclic) bond motifs is 1. The average Bonchev–Trinajstić information content (AvgIpc) is 2.46. The molecule has 5 N–H and O–H groups in total. The zero-order valence-electron chi connectivity index (χ0n) is 10.9. The van der Waals surface area contributed by atoms with Gasteiger partial charge in [-0.2, -0.15) is 0 Å². The fraction of sp³-hybridized carbons (Fsp3) is 0.200. The van der Waals surface area contributed by atoms with Crippen LogP contribution in [-0.4, -0.2) is 25.5 Å². The molecule has 0 amide bonds. The SMILES string of the molecule is Oc1ccc([C@@H]2CC(O)c3ccc(O)c(O)c3O2)cc1O. The third kappa shape index (κ3) is 2.19. The van der Waals surface area contributed by atoms with Crippen LogP contribution in [0.3, 0.4) is 0 Å². The minimum atomic E-state index is -0.874. The van der Waals surface area contributed by atoms with Crippen LogP contribution < -0.4 is 4.74 Å². The fourth-order valence-electron chi connectivity index (χ4n) is 2.43. The Morgan fingerprint density at radius 2 is 1.62 bits per heavy atom. The number of phenols is 4. The Morgan fingerprint density at radius 1 is 0.905 bits per heavy atom. The predicted molar refractivity (Wildman–Crippen MR) is 72.5 cm³/mol. The summed E-state index contributed by atoms with van der Waals surface area (Å²) in [5.74, 6) is -1.30. The van der Waals surface area contributed by atoms with Crippen molar-refractivity contribution in [2.45, 2.75) is 18.6 Å². The molecule has 2 aromatic carbocycles. The lowest BCUT2D eigenvalue weighted by Crippen LogP contribution is -2.19. The maximum atomic E-state index is 10.1. The van der Waals surface area contributed by atoms with Gasteiger partial charge in [-0.25, -0.2) is 0 Å². The van der Waals surface area contributed by atoms with Crippen molar-refractivity contribution < 1.29 is 30.3 Å². The Labute approximate surface area is 120 Å². The molecule has 110 valence electrons. The Hall–Kier alpha value is -2.60. The van der Waals surface area contributed by atoms with Gasteiger partial charge in [0.25, 0.3) is 0 Å². The third-order valence-corrected chi connectivity index (χ3v) is 3.57. The first-order valence-corrected chi connectivity index (χ1v) is 6.39. The van der Waals surface area contributed by atoms with Crippen LogP contribution in [0.15, 0.2) is 30.3 Å². The summed E-state index contributed by atoms with van der Waals surface area (Å²) in [5.41, 5.74) is 0.933. The van der Waals surface area contributed by atoms with E-state index in [4.69, 9.17) is 4.74 Å². The van der Waals surface area contributed by atoms with Crippen LogP contribution in [0.1, 0.15) is 29.8 Å². The maximum absolute atomic E-state index is 10.1. The van der Waals surface area contributed by atoms with Gasteiger partial charge in [0.05, 0.1) is 6.10 Å². The highest BCUT2D eigenvalue weighted by molar-refractivity contribution is 5.56. The number of aromatic hydroxyl groups is 4. The monoisotopic (exact) mass is 290 g/mol. The summed E-state index contributed by atoms with van der Waals surface area (Å²) >= 11 is 0. The van der Waals surface area contributed by atoms with Gasteiger partial charge in [0.2, 0.25) is 5.75 Å². The van der Waals surface area contributed by atoms with Crippen LogP contribution in [0, 0.1) is 0 Å². The second-order valence-electron chi connectivity index (χ2n) is 4.96. The highest BCUT2D eigenvalue weighted by atomic mass is 16.5. The molecule has 1 heterocycles. The van der Waals surface area contributed by atoms with Crippen molar-refractivity contribution >= 4 is 0 Å². The number of rotatable bonds is 1. The van der Waals surface area contributed by atoms with E-state index in [0.717, 1.165) is 0 Å². The van der Waals surface area contributed by atoms with Gasteiger partial charge >= 0.3 is 0 Å². The summed E-state index contributed by atoms with van der Waals surface area (Å²) < 4.78 is 5.63. The molecular formula is C15H14O6. The third-order valence-electron chi connectivity index (χ3n) is 3.57. The van der Waals surface area contributed by atoms with Crippen LogP contribution in [0.25, 0.3) is 0 Å². The zero-order valence-corrected chi connectivity index (χ0v) is 10.9. The van der Waals surface area contributed by atoms with Gasteiger partial charge in [-0.05, 0) is 29.8 Å². The summed E-state index contributed by atoms with van der Waals surface area (Å²) in [7, 11) is 0. The first-order chi connectivity index (χ1) is 9.97. The van der Waals surface area contributed by atoms with Gasteiger partial charge in [-0.3, -0.25) is 0 Å². The molecule has 1 unspecified atom stereocenters. The molecular weight excluding hydrogens is 276 g/mol. The number of aliphatic hydroxyl groups excluding tert-OH is 1. The summed E-state index contributed by atoms with van der Waals surface area (Å²) in [6.07, 6.45) is -1.27. The molecule has 1 aliphatic rings. The number of ether oxygens (including phenoxy) is 1. The standard InChI is InChI=1S/C15H14O6/c16-9-3-1-7(5-12(9)19)13-6-11(18)8-2-4-10(17)14(20)15(8)21-13/h1-5,11,13,16-20H,6H2/t11?,13-/m0/s1. The van der Waals surface area contributed by atoms with E-state index in [1.807, 2.05) is 0 Å². The molecule has 0 aromatic heterocycles. The topological polar surface area (TPSA) is 110 Å². The number of phenolic OH excluding ortho intramolecular Hbond substituents is 4. The van der Waals surface area contributed by atoms with Crippen molar-refractivity contribution in [3.8, 4) is 28.7 Å².